The van der Waals surface area contributed by atoms with Crippen molar-refractivity contribution in [3.05, 3.63) is 12.2 Å². The molecule has 76 valence electrons. The van der Waals surface area contributed by atoms with Gasteiger partial charge in [-0.25, -0.2) is 0 Å². The summed E-state index contributed by atoms with van der Waals surface area (Å²) in [7, 11) is 3.19. The summed E-state index contributed by atoms with van der Waals surface area (Å²) in [5.74, 6) is -0.111. The number of rotatable bonds is 6. The third-order valence-electron chi connectivity index (χ3n) is 1.51. The lowest BCUT2D eigenvalue weighted by molar-refractivity contribution is -0.117. The molecule has 1 amide bonds. The van der Waals surface area contributed by atoms with Gasteiger partial charge in [0.05, 0.1) is 12.7 Å². The second-order valence-corrected chi connectivity index (χ2v) is 2.56. The Hall–Kier alpha value is -0.870. The number of hydrogen-bond donors (Lipinski definition) is 1. The van der Waals surface area contributed by atoms with Crippen LogP contribution in [-0.4, -0.2) is 39.4 Å². The second kappa shape index (κ2) is 7.76. The highest BCUT2D eigenvalue weighted by molar-refractivity contribution is 5.87. The summed E-state index contributed by atoms with van der Waals surface area (Å²) in [5.41, 5.74) is 0. The molecule has 4 heteroatoms. The Balaban J connectivity index is 3.64. The molecule has 13 heavy (non-hydrogen) atoms. The van der Waals surface area contributed by atoms with Crippen LogP contribution in [-0.2, 0) is 14.3 Å². The zero-order valence-corrected chi connectivity index (χ0v) is 8.37. The quantitative estimate of drug-likeness (QED) is 0.610. The Bertz CT molecular complexity index is 168. The monoisotopic (exact) mass is 187 g/mol. The summed E-state index contributed by atoms with van der Waals surface area (Å²) in [5, 5.41) is 2.69. The molecule has 0 aromatic heterocycles. The average molecular weight is 187 g/mol. The van der Waals surface area contributed by atoms with E-state index in [0.29, 0.717) is 13.2 Å². The van der Waals surface area contributed by atoms with Gasteiger partial charge in [0, 0.05) is 20.8 Å². The largest absolute Gasteiger partial charge is 0.382 e. The van der Waals surface area contributed by atoms with Crippen LogP contribution in [0.15, 0.2) is 12.2 Å². The van der Waals surface area contributed by atoms with Gasteiger partial charge < -0.3 is 14.8 Å². The van der Waals surface area contributed by atoms with Crippen molar-refractivity contribution in [2.24, 2.45) is 0 Å². The van der Waals surface area contributed by atoms with E-state index in [1.807, 2.05) is 0 Å². The molecule has 0 aliphatic heterocycles. The molecule has 1 N–H and O–H groups in total. The highest BCUT2D eigenvalue weighted by atomic mass is 16.5. The molecule has 4 nitrogen and oxygen atoms in total. The van der Waals surface area contributed by atoms with Crippen LogP contribution in [0, 0.1) is 0 Å². The van der Waals surface area contributed by atoms with Crippen LogP contribution in [0.25, 0.3) is 0 Å². The minimum atomic E-state index is -0.111. The van der Waals surface area contributed by atoms with Crippen LogP contribution in [0.3, 0.4) is 0 Å². The van der Waals surface area contributed by atoms with Gasteiger partial charge in [-0.1, -0.05) is 6.08 Å². The van der Waals surface area contributed by atoms with Crippen LogP contribution in [0.1, 0.15) is 6.92 Å². The Kier molecular flexibility index (Phi) is 7.24. The molecule has 0 radical (unpaired) electrons. The molecule has 0 aromatic rings. The van der Waals surface area contributed by atoms with E-state index in [1.165, 1.54) is 6.08 Å². The number of ether oxygens (including phenoxy) is 2. The fraction of sp³-hybridized carbons (Fsp3) is 0.667. The van der Waals surface area contributed by atoms with Gasteiger partial charge in [-0.2, -0.15) is 0 Å². The summed E-state index contributed by atoms with van der Waals surface area (Å²) in [6.45, 7) is 2.74. The lowest BCUT2D eigenvalue weighted by Gasteiger charge is -2.13. The van der Waals surface area contributed by atoms with Crippen LogP contribution >= 0.6 is 0 Å². The van der Waals surface area contributed by atoms with Crippen molar-refractivity contribution < 1.29 is 14.3 Å². The molecule has 0 aliphatic carbocycles. The second-order valence-electron chi connectivity index (χ2n) is 2.56. The maximum absolute atomic E-state index is 11.0. The van der Waals surface area contributed by atoms with Gasteiger partial charge in [0.15, 0.2) is 0 Å². The molecule has 1 unspecified atom stereocenters. The van der Waals surface area contributed by atoms with E-state index in [0.717, 1.165) is 0 Å². The number of methoxy groups -OCH3 is 2. The molecule has 0 bridgehead atoms. The summed E-state index contributed by atoms with van der Waals surface area (Å²) in [6, 6.07) is 0. The topological polar surface area (TPSA) is 47.6 Å². The van der Waals surface area contributed by atoms with Crippen molar-refractivity contribution in [1.29, 1.82) is 0 Å². The number of nitrogens with one attached hydrogen (secondary N) is 1. The van der Waals surface area contributed by atoms with Crippen molar-refractivity contribution in [3.63, 3.8) is 0 Å². The molecule has 0 rings (SSSR count). The van der Waals surface area contributed by atoms with E-state index >= 15 is 0 Å². The smallest absolute Gasteiger partial charge is 0.243 e. The van der Waals surface area contributed by atoms with E-state index in [2.05, 4.69) is 5.32 Å². The third-order valence-corrected chi connectivity index (χ3v) is 1.51. The van der Waals surface area contributed by atoms with Crippen molar-refractivity contribution >= 4 is 5.91 Å². The zero-order valence-electron chi connectivity index (χ0n) is 8.37. The predicted octanol–water partition coefficient (Wildman–Crippen LogP) is 0.340. The van der Waals surface area contributed by atoms with E-state index in [4.69, 9.17) is 9.47 Å². The van der Waals surface area contributed by atoms with Crippen LogP contribution in [0.2, 0.25) is 0 Å². The fourth-order valence-electron chi connectivity index (χ4n) is 0.821. The van der Waals surface area contributed by atoms with Gasteiger partial charge in [0.1, 0.15) is 0 Å². The van der Waals surface area contributed by atoms with Gasteiger partial charge >= 0.3 is 0 Å². The first-order valence-corrected chi connectivity index (χ1v) is 4.16. The highest BCUT2D eigenvalue weighted by Crippen LogP contribution is 1.88. The summed E-state index contributed by atoms with van der Waals surface area (Å²) in [6.07, 6.45) is 3.08. The maximum Gasteiger partial charge on any atom is 0.243 e. The highest BCUT2D eigenvalue weighted by Gasteiger charge is 2.06. The summed E-state index contributed by atoms with van der Waals surface area (Å²) >= 11 is 0. The van der Waals surface area contributed by atoms with Crippen LogP contribution in [0.5, 0.6) is 0 Å². The van der Waals surface area contributed by atoms with E-state index < -0.39 is 0 Å². The molecule has 0 heterocycles. The van der Waals surface area contributed by atoms with Gasteiger partial charge in [0.2, 0.25) is 5.91 Å². The fourth-order valence-corrected chi connectivity index (χ4v) is 0.821. The summed E-state index contributed by atoms with van der Waals surface area (Å²) in [4.78, 5) is 11.0. The lowest BCUT2D eigenvalue weighted by atomic mass is 10.3. The Labute approximate surface area is 78.9 Å². The van der Waals surface area contributed by atoms with Crippen molar-refractivity contribution in [1.82, 2.24) is 5.32 Å². The molecule has 0 aromatic carbocycles. The number of allylic oxidation sites excluding steroid dienone is 1. The molecular formula is C9H17NO3. The lowest BCUT2D eigenvalue weighted by Crippen LogP contribution is -2.34. The summed E-state index contributed by atoms with van der Waals surface area (Å²) < 4.78 is 9.95. The number of carbonyl (C=O) groups is 1. The first-order chi connectivity index (χ1) is 6.24. The Morgan fingerprint density at radius 2 is 2.23 bits per heavy atom. The SMILES string of the molecule is C/C=C/C(=O)NCC(COC)OC. The van der Waals surface area contributed by atoms with E-state index in [9.17, 15) is 4.79 Å². The zero-order chi connectivity index (χ0) is 10.1. The number of carbonyl (C=O) groups excluding carboxylic acids is 1. The van der Waals surface area contributed by atoms with E-state index in [1.54, 1.807) is 27.2 Å². The molecular weight excluding hydrogens is 170 g/mol. The number of hydrogen-bond acceptors (Lipinski definition) is 3. The molecule has 0 saturated carbocycles. The molecule has 0 fully saturated rings. The first-order valence-electron chi connectivity index (χ1n) is 4.16. The van der Waals surface area contributed by atoms with Crippen LogP contribution < -0.4 is 5.32 Å². The minimum absolute atomic E-state index is 0.0841. The molecule has 0 aliphatic rings. The molecule has 0 spiro atoms. The Morgan fingerprint density at radius 3 is 2.69 bits per heavy atom. The molecule has 1 atom stereocenters. The number of amides is 1. The maximum atomic E-state index is 11.0. The van der Waals surface area contributed by atoms with Crippen molar-refractivity contribution in [3.8, 4) is 0 Å². The van der Waals surface area contributed by atoms with Crippen LogP contribution in [0.4, 0.5) is 0 Å². The average Bonchev–Trinajstić information content (AvgIpc) is 2.12. The minimum Gasteiger partial charge on any atom is -0.382 e. The van der Waals surface area contributed by atoms with Gasteiger partial charge in [0.25, 0.3) is 0 Å². The molecule has 0 saturated heterocycles. The van der Waals surface area contributed by atoms with Gasteiger partial charge in [-0.05, 0) is 13.0 Å². The van der Waals surface area contributed by atoms with Gasteiger partial charge in [-0.15, -0.1) is 0 Å². The Morgan fingerprint density at radius 1 is 1.54 bits per heavy atom. The predicted molar refractivity (Wildman–Crippen MR) is 50.5 cm³/mol. The van der Waals surface area contributed by atoms with E-state index in [-0.39, 0.29) is 12.0 Å². The first kappa shape index (κ1) is 12.1. The normalized spacial score (nSPS) is 13.2. The van der Waals surface area contributed by atoms with Gasteiger partial charge in [-0.3, -0.25) is 4.79 Å². The van der Waals surface area contributed by atoms with Crippen molar-refractivity contribution in [2.45, 2.75) is 13.0 Å². The standard InChI is InChI=1S/C9H17NO3/c1-4-5-9(11)10-6-8(13-3)7-12-2/h4-5,8H,6-7H2,1-3H3,(H,10,11)/b5-4+. The third kappa shape index (κ3) is 6.31. The van der Waals surface area contributed by atoms with Crippen molar-refractivity contribution in [2.75, 3.05) is 27.4 Å².